The first kappa shape index (κ1) is 36.8. The van der Waals surface area contributed by atoms with Gasteiger partial charge >= 0.3 is 11.9 Å². The molecule has 49 heavy (non-hydrogen) atoms. The van der Waals surface area contributed by atoms with E-state index in [9.17, 15) is 14.4 Å². The van der Waals surface area contributed by atoms with Gasteiger partial charge in [0, 0.05) is 4.47 Å². The van der Waals surface area contributed by atoms with E-state index >= 15 is 0 Å². The van der Waals surface area contributed by atoms with Crippen LogP contribution in [0.15, 0.2) is 84.6 Å². The molecule has 5 rings (SSSR count). The van der Waals surface area contributed by atoms with Crippen LogP contribution >= 0.6 is 65.8 Å². The summed E-state index contributed by atoms with van der Waals surface area (Å²) in [5.41, 5.74) is 2.72. The van der Waals surface area contributed by atoms with Crippen molar-refractivity contribution in [3.8, 4) is 17.2 Å². The molecule has 256 valence electrons. The molecule has 1 aliphatic rings. The molecule has 4 aromatic rings. The van der Waals surface area contributed by atoms with Gasteiger partial charge in [0.25, 0.3) is 5.56 Å². The average molecular weight is 926 g/mol. The van der Waals surface area contributed by atoms with Crippen LogP contribution in [0.3, 0.4) is 0 Å². The minimum atomic E-state index is -0.868. The highest BCUT2D eigenvalue weighted by atomic mass is 127. The van der Waals surface area contributed by atoms with E-state index in [2.05, 4.69) is 64.2 Å². The Hall–Kier alpha value is -3.47. The average Bonchev–Trinajstić information content (AvgIpc) is 3.37. The van der Waals surface area contributed by atoms with Gasteiger partial charge in [0.15, 0.2) is 22.9 Å². The number of aromatic nitrogens is 1. The molecular weight excluding hydrogens is 895 g/mol. The number of carbonyl (C=O) groups is 2. The number of allylic oxidation sites excluding steroid dienone is 1. The summed E-state index contributed by atoms with van der Waals surface area (Å²) in [6.07, 6.45) is 1.80. The highest BCUT2D eigenvalue weighted by molar-refractivity contribution is 14.1. The molecule has 0 spiro atoms. The third-order valence-corrected chi connectivity index (χ3v) is 10.2. The molecule has 0 fully saturated rings. The summed E-state index contributed by atoms with van der Waals surface area (Å²) in [6.45, 7) is 5.79. The summed E-state index contributed by atoms with van der Waals surface area (Å²) in [5, 5.41) is 0. The Balaban J connectivity index is 1.56. The van der Waals surface area contributed by atoms with Gasteiger partial charge in [-0.25, -0.2) is 14.6 Å². The first-order valence-electron chi connectivity index (χ1n) is 15.1. The zero-order chi connectivity index (χ0) is 35.2. The molecule has 1 atom stereocenters. The Kier molecular flexibility index (Phi) is 12.4. The number of nitrogens with zero attached hydrogens (tertiary/aromatic N) is 2. The number of halogens is 3. The predicted molar refractivity (Wildman–Crippen MR) is 201 cm³/mol. The topological polar surface area (TPSA) is 115 Å². The highest BCUT2D eigenvalue weighted by Crippen LogP contribution is 2.37. The molecule has 2 heterocycles. The van der Waals surface area contributed by atoms with Crippen molar-refractivity contribution in [3.05, 3.63) is 115 Å². The normalized spacial score (nSPS) is 14.2. The van der Waals surface area contributed by atoms with Crippen molar-refractivity contribution >= 4 is 83.8 Å². The summed E-state index contributed by atoms with van der Waals surface area (Å²) in [7, 11) is 1.27. The van der Waals surface area contributed by atoms with Crippen LogP contribution in [0, 0.1) is 3.57 Å². The van der Waals surface area contributed by atoms with Gasteiger partial charge in [-0.05, 0) is 118 Å². The van der Waals surface area contributed by atoms with Crippen molar-refractivity contribution in [1.82, 2.24) is 4.57 Å². The third-order valence-electron chi connectivity index (χ3n) is 7.29. The lowest BCUT2D eigenvalue weighted by Gasteiger charge is -2.25. The SMILES string of the molecule is CCOC(=O)C1=C(C)N=c2s/c(=C\c3cc(Br)c(OCc4ccc(Br)cc4)c(I)c3)c(=O)n2[C@H]1c1ccc(OCC(=O)OC)c(OCC)c1. The van der Waals surface area contributed by atoms with E-state index in [0.29, 0.717) is 51.1 Å². The summed E-state index contributed by atoms with van der Waals surface area (Å²) >= 11 is 10.5. The van der Waals surface area contributed by atoms with Gasteiger partial charge in [-0.1, -0.05) is 45.5 Å². The van der Waals surface area contributed by atoms with Crippen LogP contribution in [0.5, 0.6) is 17.2 Å². The molecule has 0 unspecified atom stereocenters. The van der Waals surface area contributed by atoms with Crippen LogP contribution in [0.4, 0.5) is 0 Å². The second-order valence-corrected chi connectivity index (χ2v) is 14.5. The number of hydrogen-bond acceptors (Lipinski definition) is 10. The molecule has 14 heteroatoms. The molecule has 1 aromatic heterocycles. The predicted octanol–water partition coefficient (Wildman–Crippen LogP) is 6.46. The summed E-state index contributed by atoms with van der Waals surface area (Å²) in [6, 6.07) is 15.9. The summed E-state index contributed by atoms with van der Waals surface area (Å²) in [5.74, 6) is 0.216. The number of rotatable bonds is 12. The Labute approximate surface area is 316 Å². The zero-order valence-electron chi connectivity index (χ0n) is 26.9. The van der Waals surface area contributed by atoms with Gasteiger partial charge in [-0.3, -0.25) is 9.36 Å². The highest BCUT2D eigenvalue weighted by Gasteiger charge is 2.34. The molecule has 10 nitrogen and oxygen atoms in total. The van der Waals surface area contributed by atoms with E-state index < -0.39 is 18.0 Å². The Bertz CT molecular complexity index is 2090. The van der Waals surface area contributed by atoms with E-state index in [1.54, 1.807) is 38.1 Å². The lowest BCUT2D eigenvalue weighted by Crippen LogP contribution is -2.40. The molecule has 0 amide bonds. The molecule has 0 radical (unpaired) electrons. The van der Waals surface area contributed by atoms with Crippen molar-refractivity contribution < 1.29 is 33.3 Å². The molecule has 0 saturated heterocycles. The quantitative estimate of drug-likeness (QED) is 0.118. The van der Waals surface area contributed by atoms with Crippen molar-refractivity contribution in [2.75, 3.05) is 26.9 Å². The van der Waals surface area contributed by atoms with Gasteiger partial charge in [-0.2, -0.15) is 0 Å². The second kappa shape index (κ2) is 16.5. The first-order valence-corrected chi connectivity index (χ1v) is 18.5. The van der Waals surface area contributed by atoms with Crippen LogP contribution < -0.4 is 29.1 Å². The number of carbonyl (C=O) groups excluding carboxylic acids is 2. The maximum absolute atomic E-state index is 14.2. The van der Waals surface area contributed by atoms with E-state index in [4.69, 9.17) is 18.9 Å². The fourth-order valence-electron chi connectivity index (χ4n) is 5.07. The standard InChI is InChI=1S/C35H31Br2IN2O8S/c1-5-45-27-16-22(9-12-26(27)47-18-29(41)44-4)31-30(34(43)46-6-2)19(3)39-35-40(31)33(42)28(49-35)15-21-13-24(37)32(25(38)14-21)48-17-20-7-10-23(36)11-8-20/h7-16,31H,5-6,17-18H2,1-4H3/b28-15-/t31-/m0/s1. The molecular formula is C35H31Br2IN2O8S. The Morgan fingerprint density at radius 2 is 1.76 bits per heavy atom. The largest absolute Gasteiger partial charge is 0.490 e. The summed E-state index contributed by atoms with van der Waals surface area (Å²) in [4.78, 5) is 44.4. The number of methoxy groups -OCH3 is 1. The molecule has 1 aliphatic heterocycles. The van der Waals surface area contributed by atoms with E-state index in [1.165, 1.54) is 23.0 Å². The number of fused-ring (bicyclic) bond motifs is 1. The maximum Gasteiger partial charge on any atom is 0.343 e. The van der Waals surface area contributed by atoms with Crippen LogP contribution in [-0.4, -0.2) is 43.4 Å². The van der Waals surface area contributed by atoms with Gasteiger partial charge < -0.3 is 23.7 Å². The fourth-order valence-corrected chi connectivity index (χ4v) is 8.15. The fraction of sp³-hybridized carbons (Fsp3) is 0.257. The number of ether oxygens (including phenoxy) is 5. The lowest BCUT2D eigenvalue weighted by atomic mass is 9.95. The molecule has 0 bridgehead atoms. The number of esters is 2. The number of hydrogen-bond donors (Lipinski definition) is 0. The van der Waals surface area contributed by atoms with E-state index in [-0.39, 0.29) is 24.3 Å². The van der Waals surface area contributed by atoms with E-state index in [1.807, 2.05) is 43.3 Å². The Morgan fingerprint density at radius 3 is 2.43 bits per heavy atom. The Morgan fingerprint density at radius 1 is 1.00 bits per heavy atom. The van der Waals surface area contributed by atoms with Gasteiger partial charge in [-0.15, -0.1) is 0 Å². The van der Waals surface area contributed by atoms with Gasteiger partial charge in [0.05, 0.1) is 50.2 Å². The summed E-state index contributed by atoms with van der Waals surface area (Å²) < 4.78 is 32.3. The second-order valence-electron chi connectivity index (χ2n) is 10.5. The monoisotopic (exact) mass is 924 g/mol. The first-order chi connectivity index (χ1) is 23.5. The molecule has 3 aromatic carbocycles. The minimum Gasteiger partial charge on any atom is -0.490 e. The smallest absolute Gasteiger partial charge is 0.343 e. The van der Waals surface area contributed by atoms with Crippen LogP contribution in [0.1, 0.15) is 43.5 Å². The lowest BCUT2D eigenvalue weighted by molar-refractivity contribution is -0.143. The van der Waals surface area contributed by atoms with Crippen LogP contribution in [0.2, 0.25) is 0 Å². The molecule has 0 aliphatic carbocycles. The van der Waals surface area contributed by atoms with E-state index in [0.717, 1.165) is 23.6 Å². The van der Waals surface area contributed by atoms with Crippen molar-refractivity contribution in [2.24, 2.45) is 4.99 Å². The van der Waals surface area contributed by atoms with Crippen LogP contribution in [-0.2, 0) is 25.7 Å². The number of thiazole rings is 1. The molecule has 0 N–H and O–H groups in total. The molecule has 0 saturated carbocycles. The van der Waals surface area contributed by atoms with Crippen molar-refractivity contribution in [1.29, 1.82) is 0 Å². The van der Waals surface area contributed by atoms with Crippen molar-refractivity contribution in [3.63, 3.8) is 0 Å². The van der Waals surface area contributed by atoms with Crippen molar-refractivity contribution in [2.45, 2.75) is 33.4 Å². The number of benzene rings is 3. The van der Waals surface area contributed by atoms with Crippen LogP contribution in [0.25, 0.3) is 6.08 Å². The van der Waals surface area contributed by atoms with Gasteiger partial charge in [0.1, 0.15) is 12.4 Å². The van der Waals surface area contributed by atoms with Gasteiger partial charge in [0.2, 0.25) is 0 Å². The third kappa shape index (κ3) is 8.47. The minimum absolute atomic E-state index is 0.146. The zero-order valence-corrected chi connectivity index (χ0v) is 33.0. The maximum atomic E-state index is 14.2.